The number of hydrogen-bond acceptors (Lipinski definition) is 6. The Bertz CT molecular complexity index is 660. The summed E-state index contributed by atoms with van der Waals surface area (Å²) in [7, 11) is 0. The molecule has 2 aromatic rings. The van der Waals surface area contributed by atoms with Gasteiger partial charge in [0, 0.05) is 12.2 Å². The standard InChI is InChI=1S/C14H17N5O2.ClH/c15-6-13-17-12(18-21-13)8-19-7-10(14(16)20)5-9-3-1-2-4-11(9)19;/h1-4,10H,5-8,15H2,(H2,16,20);1H. The van der Waals surface area contributed by atoms with E-state index in [0.717, 1.165) is 11.3 Å². The molecule has 0 aliphatic carbocycles. The van der Waals surface area contributed by atoms with Crippen LogP contribution in [0.4, 0.5) is 5.69 Å². The second kappa shape index (κ2) is 6.76. The van der Waals surface area contributed by atoms with E-state index in [2.05, 4.69) is 15.0 Å². The van der Waals surface area contributed by atoms with Gasteiger partial charge in [0.25, 0.3) is 0 Å². The van der Waals surface area contributed by atoms with Crippen molar-refractivity contribution in [3.8, 4) is 0 Å². The third-order valence-corrected chi connectivity index (χ3v) is 3.66. The molecule has 4 N–H and O–H groups in total. The third-order valence-electron chi connectivity index (χ3n) is 3.66. The van der Waals surface area contributed by atoms with E-state index in [0.29, 0.717) is 31.2 Å². The highest BCUT2D eigenvalue weighted by atomic mass is 35.5. The van der Waals surface area contributed by atoms with Gasteiger partial charge in [-0.15, -0.1) is 12.4 Å². The van der Waals surface area contributed by atoms with E-state index in [1.165, 1.54) is 0 Å². The molecular weight excluding hydrogens is 306 g/mol. The fraction of sp³-hybridized carbons (Fsp3) is 0.357. The summed E-state index contributed by atoms with van der Waals surface area (Å²) in [5.41, 5.74) is 13.1. The number of nitrogens with two attached hydrogens (primary N) is 2. The fourth-order valence-corrected chi connectivity index (χ4v) is 2.63. The van der Waals surface area contributed by atoms with Gasteiger partial charge in [0.1, 0.15) is 0 Å². The third kappa shape index (κ3) is 3.20. The van der Waals surface area contributed by atoms with Gasteiger partial charge in [-0.3, -0.25) is 4.79 Å². The maximum Gasteiger partial charge on any atom is 0.240 e. The first kappa shape index (κ1) is 16.3. The lowest BCUT2D eigenvalue weighted by Crippen LogP contribution is -2.41. The molecule has 0 saturated heterocycles. The van der Waals surface area contributed by atoms with E-state index in [9.17, 15) is 4.79 Å². The van der Waals surface area contributed by atoms with E-state index >= 15 is 0 Å². The summed E-state index contributed by atoms with van der Waals surface area (Å²) >= 11 is 0. The van der Waals surface area contributed by atoms with Gasteiger partial charge in [-0.25, -0.2) is 0 Å². The molecule has 1 atom stereocenters. The first-order chi connectivity index (χ1) is 10.2. The molecule has 1 aliphatic heterocycles. The molecule has 1 aliphatic rings. The number of para-hydroxylation sites is 1. The summed E-state index contributed by atoms with van der Waals surface area (Å²) in [6, 6.07) is 7.97. The van der Waals surface area contributed by atoms with Gasteiger partial charge in [-0.1, -0.05) is 23.4 Å². The van der Waals surface area contributed by atoms with Crippen LogP contribution in [-0.4, -0.2) is 22.6 Å². The lowest BCUT2D eigenvalue weighted by atomic mass is 9.92. The number of rotatable bonds is 4. The molecular formula is C14H18ClN5O2. The highest BCUT2D eigenvalue weighted by Crippen LogP contribution is 2.30. The van der Waals surface area contributed by atoms with Crippen LogP contribution in [0, 0.1) is 5.92 Å². The molecule has 22 heavy (non-hydrogen) atoms. The van der Waals surface area contributed by atoms with E-state index in [-0.39, 0.29) is 30.8 Å². The maximum atomic E-state index is 11.5. The minimum atomic E-state index is -0.287. The van der Waals surface area contributed by atoms with Crippen LogP contribution in [0.25, 0.3) is 0 Å². The summed E-state index contributed by atoms with van der Waals surface area (Å²) in [4.78, 5) is 17.8. The SMILES string of the molecule is Cl.NCc1nc(CN2CC(C(N)=O)Cc3ccccc32)no1. The Morgan fingerprint density at radius 3 is 2.86 bits per heavy atom. The topological polar surface area (TPSA) is 111 Å². The Morgan fingerprint density at radius 2 is 2.18 bits per heavy atom. The van der Waals surface area contributed by atoms with Crippen LogP contribution in [0.1, 0.15) is 17.3 Å². The van der Waals surface area contributed by atoms with Crippen LogP contribution in [0.5, 0.6) is 0 Å². The minimum absolute atomic E-state index is 0. The Balaban J connectivity index is 0.00000176. The Hall–Kier alpha value is -2.12. The van der Waals surface area contributed by atoms with Crippen LogP contribution in [0.3, 0.4) is 0 Å². The van der Waals surface area contributed by atoms with Gasteiger partial charge in [0.2, 0.25) is 11.8 Å². The van der Waals surface area contributed by atoms with Crippen molar-refractivity contribution in [2.24, 2.45) is 17.4 Å². The molecule has 1 aromatic carbocycles. The molecule has 1 amide bonds. The van der Waals surface area contributed by atoms with Crippen LogP contribution < -0.4 is 16.4 Å². The van der Waals surface area contributed by atoms with Crippen LogP contribution >= 0.6 is 12.4 Å². The molecule has 0 saturated carbocycles. The lowest BCUT2D eigenvalue weighted by Gasteiger charge is -2.34. The monoisotopic (exact) mass is 323 g/mol. The van der Waals surface area contributed by atoms with Crippen molar-refractivity contribution in [2.45, 2.75) is 19.5 Å². The van der Waals surface area contributed by atoms with Gasteiger partial charge >= 0.3 is 0 Å². The predicted octanol–water partition coefficient (Wildman–Crippen LogP) is 0.614. The summed E-state index contributed by atoms with van der Waals surface area (Å²) in [6.07, 6.45) is 0.669. The number of aromatic nitrogens is 2. The number of hydrogen-bond donors (Lipinski definition) is 2. The van der Waals surface area contributed by atoms with E-state index in [1.54, 1.807) is 0 Å². The summed E-state index contributed by atoms with van der Waals surface area (Å²) < 4.78 is 5.01. The Kier molecular flexibility index (Phi) is 4.99. The number of primary amides is 1. The zero-order valence-corrected chi connectivity index (χ0v) is 12.8. The zero-order chi connectivity index (χ0) is 14.8. The Morgan fingerprint density at radius 1 is 1.41 bits per heavy atom. The molecule has 8 heteroatoms. The Labute approximate surface area is 134 Å². The zero-order valence-electron chi connectivity index (χ0n) is 11.9. The molecule has 1 unspecified atom stereocenters. The van der Waals surface area contributed by atoms with Gasteiger partial charge < -0.3 is 20.9 Å². The number of benzene rings is 1. The van der Waals surface area contributed by atoms with Crippen molar-refractivity contribution in [1.82, 2.24) is 10.1 Å². The maximum absolute atomic E-state index is 11.5. The highest BCUT2D eigenvalue weighted by molar-refractivity contribution is 5.85. The largest absolute Gasteiger partial charge is 0.369 e. The number of anilines is 1. The second-order valence-electron chi connectivity index (χ2n) is 5.12. The quantitative estimate of drug-likeness (QED) is 0.853. The highest BCUT2D eigenvalue weighted by Gasteiger charge is 2.28. The van der Waals surface area contributed by atoms with Crippen LogP contribution in [-0.2, 0) is 24.3 Å². The molecule has 3 rings (SSSR count). The molecule has 0 fully saturated rings. The molecule has 0 bridgehead atoms. The molecule has 118 valence electrons. The lowest BCUT2D eigenvalue weighted by molar-refractivity contribution is -0.121. The first-order valence-electron chi connectivity index (χ1n) is 6.81. The molecule has 1 aromatic heterocycles. The number of carbonyl (C=O) groups is 1. The van der Waals surface area contributed by atoms with Crippen molar-refractivity contribution in [1.29, 1.82) is 0 Å². The smallest absolute Gasteiger partial charge is 0.240 e. The minimum Gasteiger partial charge on any atom is -0.369 e. The number of nitrogens with zero attached hydrogens (tertiary/aromatic N) is 3. The van der Waals surface area contributed by atoms with Crippen LogP contribution in [0.2, 0.25) is 0 Å². The molecule has 0 spiro atoms. The predicted molar refractivity (Wildman–Crippen MR) is 83.3 cm³/mol. The summed E-state index contributed by atoms with van der Waals surface area (Å²) in [6.45, 7) is 1.23. The molecule has 2 heterocycles. The summed E-state index contributed by atoms with van der Waals surface area (Å²) in [5.74, 6) is 0.461. The van der Waals surface area contributed by atoms with Gasteiger partial charge in [-0.2, -0.15) is 4.98 Å². The summed E-state index contributed by atoms with van der Waals surface area (Å²) in [5, 5.41) is 3.90. The average molecular weight is 324 g/mol. The van der Waals surface area contributed by atoms with E-state index < -0.39 is 0 Å². The first-order valence-corrected chi connectivity index (χ1v) is 6.81. The van der Waals surface area contributed by atoms with E-state index in [1.807, 2.05) is 24.3 Å². The molecule has 0 radical (unpaired) electrons. The second-order valence-corrected chi connectivity index (χ2v) is 5.12. The fourth-order valence-electron chi connectivity index (χ4n) is 2.63. The van der Waals surface area contributed by atoms with Gasteiger partial charge in [0.05, 0.1) is 19.0 Å². The molecule has 7 nitrogen and oxygen atoms in total. The van der Waals surface area contributed by atoms with Gasteiger partial charge in [-0.05, 0) is 18.1 Å². The van der Waals surface area contributed by atoms with Crippen molar-refractivity contribution in [2.75, 3.05) is 11.4 Å². The van der Waals surface area contributed by atoms with Crippen LogP contribution in [0.15, 0.2) is 28.8 Å². The van der Waals surface area contributed by atoms with Gasteiger partial charge in [0.15, 0.2) is 5.82 Å². The van der Waals surface area contributed by atoms with Crippen molar-refractivity contribution >= 4 is 24.0 Å². The van der Waals surface area contributed by atoms with Crippen molar-refractivity contribution in [3.63, 3.8) is 0 Å². The average Bonchev–Trinajstić information content (AvgIpc) is 2.94. The van der Waals surface area contributed by atoms with Crippen molar-refractivity contribution < 1.29 is 9.32 Å². The van der Waals surface area contributed by atoms with E-state index in [4.69, 9.17) is 16.0 Å². The number of halogens is 1. The number of amides is 1. The normalized spacial score (nSPS) is 16.8. The number of carbonyl (C=O) groups excluding carboxylic acids is 1. The van der Waals surface area contributed by atoms with Crippen molar-refractivity contribution in [3.05, 3.63) is 41.5 Å². The number of fused-ring (bicyclic) bond motifs is 1.